The van der Waals surface area contributed by atoms with Crippen molar-refractivity contribution in [1.29, 1.82) is 0 Å². The van der Waals surface area contributed by atoms with Crippen molar-refractivity contribution in [2.45, 2.75) is 25.9 Å². The number of ether oxygens (including phenoxy) is 1. The van der Waals surface area contributed by atoms with Gasteiger partial charge in [0, 0.05) is 58.1 Å². The van der Waals surface area contributed by atoms with Crippen molar-refractivity contribution >= 4 is 11.9 Å². The molecule has 1 N–H and O–H groups in total. The van der Waals surface area contributed by atoms with Crippen LogP contribution in [-0.2, 0) is 24.3 Å². The van der Waals surface area contributed by atoms with E-state index in [-0.39, 0.29) is 11.9 Å². The average Bonchev–Trinajstić information content (AvgIpc) is 3.39. The Balaban J connectivity index is 1.18. The molecular weight excluding hydrogens is 430 g/mol. The minimum atomic E-state index is -0.0923. The molecule has 0 spiro atoms. The smallest absolute Gasteiger partial charge is 0.317 e. The molecule has 2 aromatic carbocycles. The number of piperazine rings is 1. The zero-order valence-electron chi connectivity index (χ0n) is 19.5. The van der Waals surface area contributed by atoms with Crippen LogP contribution >= 0.6 is 0 Å². The van der Waals surface area contributed by atoms with Gasteiger partial charge in [0.2, 0.25) is 5.91 Å². The third kappa shape index (κ3) is 6.37. The first-order valence-electron chi connectivity index (χ1n) is 11.6. The number of nitrogens with zero attached hydrogens (tertiary/aromatic N) is 4. The Morgan fingerprint density at radius 3 is 2.41 bits per heavy atom. The van der Waals surface area contributed by atoms with E-state index in [0.29, 0.717) is 45.6 Å². The number of benzene rings is 2. The molecule has 1 saturated heterocycles. The first kappa shape index (κ1) is 23.4. The minimum Gasteiger partial charge on any atom is -0.497 e. The second-order valence-electron chi connectivity index (χ2n) is 8.43. The summed E-state index contributed by atoms with van der Waals surface area (Å²) >= 11 is 0. The van der Waals surface area contributed by atoms with Gasteiger partial charge in [-0.25, -0.2) is 9.78 Å². The molecule has 178 valence electrons. The molecule has 8 nitrogen and oxygen atoms in total. The van der Waals surface area contributed by atoms with Crippen LogP contribution in [0.5, 0.6) is 5.75 Å². The SMILES string of the molecule is COc1ccc(CCC(=O)N2CCN(C(=O)NCc3cccc(Cn4ccnc4)c3)CC2)cc1. The van der Waals surface area contributed by atoms with E-state index in [9.17, 15) is 9.59 Å². The zero-order chi connectivity index (χ0) is 23.8. The number of aryl methyl sites for hydroxylation is 1. The Bertz CT molecular complexity index is 1070. The number of carbonyl (C=O) groups excluding carboxylic acids is 2. The predicted octanol–water partition coefficient (Wildman–Crippen LogP) is 2.93. The summed E-state index contributed by atoms with van der Waals surface area (Å²) in [6, 6.07) is 15.9. The van der Waals surface area contributed by atoms with Crippen molar-refractivity contribution in [3.8, 4) is 5.75 Å². The normalized spacial score (nSPS) is 13.6. The molecule has 0 radical (unpaired) electrons. The molecular formula is C26H31N5O3. The summed E-state index contributed by atoms with van der Waals surface area (Å²) in [6.07, 6.45) is 6.64. The number of urea groups is 1. The lowest BCUT2D eigenvalue weighted by Gasteiger charge is -2.34. The van der Waals surface area contributed by atoms with Gasteiger partial charge in [-0.1, -0.05) is 36.4 Å². The lowest BCUT2D eigenvalue weighted by Crippen LogP contribution is -2.53. The molecule has 1 aliphatic heterocycles. The molecule has 1 fully saturated rings. The Kier molecular flexibility index (Phi) is 7.80. The maximum Gasteiger partial charge on any atom is 0.317 e. The summed E-state index contributed by atoms with van der Waals surface area (Å²) in [5.74, 6) is 0.942. The van der Waals surface area contributed by atoms with Crippen molar-refractivity contribution in [3.05, 3.63) is 83.9 Å². The fourth-order valence-corrected chi connectivity index (χ4v) is 4.08. The molecule has 0 aliphatic carbocycles. The number of rotatable bonds is 8. The van der Waals surface area contributed by atoms with Crippen LogP contribution in [0.4, 0.5) is 4.79 Å². The van der Waals surface area contributed by atoms with E-state index < -0.39 is 0 Å². The van der Waals surface area contributed by atoms with Gasteiger partial charge in [0.1, 0.15) is 5.75 Å². The summed E-state index contributed by atoms with van der Waals surface area (Å²) in [6.45, 7) is 3.43. The van der Waals surface area contributed by atoms with E-state index in [1.165, 1.54) is 0 Å². The van der Waals surface area contributed by atoms with Crippen molar-refractivity contribution < 1.29 is 14.3 Å². The van der Waals surface area contributed by atoms with Gasteiger partial charge in [-0.15, -0.1) is 0 Å². The second-order valence-corrected chi connectivity index (χ2v) is 8.43. The summed E-state index contributed by atoms with van der Waals surface area (Å²) in [5.41, 5.74) is 3.33. The molecule has 0 saturated carbocycles. The predicted molar refractivity (Wildman–Crippen MR) is 129 cm³/mol. The summed E-state index contributed by atoms with van der Waals surface area (Å²) in [5, 5.41) is 3.01. The van der Waals surface area contributed by atoms with Crippen LogP contribution in [0.2, 0.25) is 0 Å². The van der Waals surface area contributed by atoms with Gasteiger partial charge in [0.15, 0.2) is 0 Å². The standard InChI is InChI=1S/C26H31N5O3/c1-34-24-8-5-21(6-9-24)7-10-25(32)30-13-15-31(16-14-30)26(33)28-18-22-3-2-4-23(17-22)19-29-12-11-27-20-29/h2-6,8-9,11-12,17,20H,7,10,13-16,18-19H2,1H3,(H,28,33). The van der Waals surface area contributed by atoms with E-state index in [4.69, 9.17) is 4.74 Å². The summed E-state index contributed by atoms with van der Waals surface area (Å²) < 4.78 is 7.18. The van der Waals surface area contributed by atoms with Gasteiger partial charge in [0.05, 0.1) is 13.4 Å². The Morgan fingerprint density at radius 1 is 0.971 bits per heavy atom. The maximum atomic E-state index is 12.6. The van der Waals surface area contributed by atoms with Crippen LogP contribution in [0.25, 0.3) is 0 Å². The van der Waals surface area contributed by atoms with Gasteiger partial charge in [-0.3, -0.25) is 4.79 Å². The van der Waals surface area contributed by atoms with Crippen LogP contribution in [0, 0.1) is 0 Å². The van der Waals surface area contributed by atoms with Crippen LogP contribution < -0.4 is 10.1 Å². The number of amides is 3. The maximum absolute atomic E-state index is 12.6. The van der Waals surface area contributed by atoms with Gasteiger partial charge < -0.3 is 24.4 Å². The van der Waals surface area contributed by atoms with Crippen molar-refractivity contribution in [1.82, 2.24) is 24.7 Å². The van der Waals surface area contributed by atoms with Crippen molar-refractivity contribution in [2.24, 2.45) is 0 Å². The Labute approximate surface area is 200 Å². The lowest BCUT2D eigenvalue weighted by molar-refractivity contribution is -0.132. The number of aromatic nitrogens is 2. The highest BCUT2D eigenvalue weighted by Crippen LogP contribution is 2.14. The van der Waals surface area contributed by atoms with Gasteiger partial charge in [0.25, 0.3) is 0 Å². The second kappa shape index (κ2) is 11.4. The summed E-state index contributed by atoms with van der Waals surface area (Å²) in [4.78, 5) is 32.9. The number of carbonyl (C=O) groups is 2. The number of nitrogens with one attached hydrogen (secondary N) is 1. The first-order valence-corrected chi connectivity index (χ1v) is 11.6. The molecule has 8 heteroatoms. The third-order valence-corrected chi connectivity index (χ3v) is 6.07. The Hall–Kier alpha value is -3.81. The molecule has 34 heavy (non-hydrogen) atoms. The fraction of sp³-hybridized carbons (Fsp3) is 0.346. The molecule has 0 unspecified atom stereocenters. The number of hydrogen-bond donors (Lipinski definition) is 1. The molecule has 2 heterocycles. The highest BCUT2D eigenvalue weighted by molar-refractivity contribution is 5.78. The van der Waals surface area contributed by atoms with Crippen LogP contribution in [0.1, 0.15) is 23.1 Å². The zero-order valence-corrected chi connectivity index (χ0v) is 19.5. The molecule has 4 rings (SSSR count). The van der Waals surface area contributed by atoms with Crippen LogP contribution in [0.15, 0.2) is 67.3 Å². The van der Waals surface area contributed by atoms with E-state index >= 15 is 0 Å². The number of hydrogen-bond acceptors (Lipinski definition) is 4. The van der Waals surface area contributed by atoms with Gasteiger partial charge >= 0.3 is 6.03 Å². The quantitative estimate of drug-likeness (QED) is 0.559. The largest absolute Gasteiger partial charge is 0.497 e. The van der Waals surface area contributed by atoms with Gasteiger partial charge in [-0.2, -0.15) is 0 Å². The number of methoxy groups -OCH3 is 1. The van der Waals surface area contributed by atoms with Crippen LogP contribution in [-0.4, -0.2) is 64.6 Å². The molecule has 1 aliphatic rings. The van der Waals surface area contributed by atoms with Gasteiger partial charge in [-0.05, 0) is 35.2 Å². The molecule has 0 bridgehead atoms. The molecule has 1 aromatic heterocycles. The highest BCUT2D eigenvalue weighted by Gasteiger charge is 2.23. The minimum absolute atomic E-state index is 0.0923. The van der Waals surface area contributed by atoms with Crippen LogP contribution in [0.3, 0.4) is 0 Å². The topological polar surface area (TPSA) is 79.7 Å². The fourth-order valence-electron chi connectivity index (χ4n) is 4.08. The van der Waals surface area contributed by atoms with E-state index in [0.717, 1.165) is 29.0 Å². The van der Waals surface area contributed by atoms with Crippen molar-refractivity contribution in [3.63, 3.8) is 0 Å². The average molecular weight is 462 g/mol. The molecule has 0 atom stereocenters. The third-order valence-electron chi connectivity index (χ3n) is 6.07. The lowest BCUT2D eigenvalue weighted by atomic mass is 10.1. The monoisotopic (exact) mass is 461 g/mol. The van der Waals surface area contributed by atoms with Crippen molar-refractivity contribution in [2.75, 3.05) is 33.3 Å². The Morgan fingerprint density at radius 2 is 1.71 bits per heavy atom. The van der Waals surface area contributed by atoms with E-state index in [1.54, 1.807) is 24.5 Å². The number of imidazole rings is 1. The van der Waals surface area contributed by atoms with E-state index in [1.807, 2.05) is 52.1 Å². The summed E-state index contributed by atoms with van der Waals surface area (Å²) in [7, 11) is 1.64. The van der Waals surface area contributed by atoms with E-state index in [2.05, 4.69) is 22.4 Å². The molecule has 3 aromatic rings. The first-order chi connectivity index (χ1) is 16.6. The molecule has 3 amide bonds. The highest BCUT2D eigenvalue weighted by atomic mass is 16.5.